The molecule has 1 saturated heterocycles. The molecule has 2 aliphatic rings. The molecule has 110 valence electrons. The highest BCUT2D eigenvalue weighted by Gasteiger charge is 2.37. The van der Waals surface area contributed by atoms with Gasteiger partial charge in [0.15, 0.2) is 0 Å². The number of halogens is 2. The van der Waals surface area contributed by atoms with E-state index >= 15 is 0 Å². The van der Waals surface area contributed by atoms with Gasteiger partial charge in [0.2, 0.25) is 0 Å². The zero-order valence-electron chi connectivity index (χ0n) is 11.8. The van der Waals surface area contributed by atoms with Crippen molar-refractivity contribution in [2.75, 3.05) is 43.0 Å². The van der Waals surface area contributed by atoms with Gasteiger partial charge in [-0.2, -0.15) is 0 Å². The summed E-state index contributed by atoms with van der Waals surface area (Å²) >= 11 is 3.69. The van der Waals surface area contributed by atoms with Crippen molar-refractivity contribution < 1.29 is 4.39 Å². The predicted octanol–water partition coefficient (Wildman–Crippen LogP) is 3.51. The first-order valence-electron chi connectivity index (χ1n) is 7.50. The molecule has 0 spiro atoms. The summed E-state index contributed by atoms with van der Waals surface area (Å²) in [7, 11) is 0. The van der Waals surface area contributed by atoms with Crippen molar-refractivity contribution in [2.45, 2.75) is 19.3 Å². The average Bonchev–Trinajstić information content (AvgIpc) is 2.45. The molecule has 0 unspecified atom stereocenters. The van der Waals surface area contributed by atoms with E-state index in [9.17, 15) is 4.39 Å². The first kappa shape index (κ1) is 14.3. The van der Waals surface area contributed by atoms with Crippen LogP contribution >= 0.6 is 15.9 Å². The molecule has 1 aromatic rings. The summed E-state index contributed by atoms with van der Waals surface area (Å²) in [5.74, 6) is -0.156. The molecule has 0 radical (unpaired) electrons. The van der Waals surface area contributed by atoms with E-state index in [-0.39, 0.29) is 5.82 Å². The molecule has 3 rings (SSSR count). The number of hydrogen-bond acceptors (Lipinski definition) is 2. The van der Waals surface area contributed by atoms with Crippen molar-refractivity contribution in [1.29, 1.82) is 0 Å². The number of benzene rings is 1. The Kier molecular flexibility index (Phi) is 4.32. The summed E-state index contributed by atoms with van der Waals surface area (Å²) in [6.07, 6.45) is 4.13. The quantitative estimate of drug-likeness (QED) is 0.774. The van der Waals surface area contributed by atoms with Crippen molar-refractivity contribution in [3.05, 3.63) is 30.1 Å². The molecule has 1 aliphatic carbocycles. The first-order chi connectivity index (χ1) is 9.71. The van der Waals surface area contributed by atoms with E-state index in [1.54, 1.807) is 12.1 Å². The topological polar surface area (TPSA) is 6.48 Å². The monoisotopic (exact) mass is 340 g/mol. The van der Waals surface area contributed by atoms with Gasteiger partial charge in [-0.3, -0.25) is 4.90 Å². The third-order valence-corrected chi connectivity index (χ3v) is 6.01. The van der Waals surface area contributed by atoms with E-state index in [0.29, 0.717) is 5.41 Å². The van der Waals surface area contributed by atoms with Gasteiger partial charge in [-0.05, 0) is 42.5 Å². The van der Waals surface area contributed by atoms with Gasteiger partial charge in [-0.25, -0.2) is 4.39 Å². The van der Waals surface area contributed by atoms with E-state index in [2.05, 4.69) is 25.7 Å². The Morgan fingerprint density at radius 1 is 1.05 bits per heavy atom. The molecule has 1 saturated carbocycles. The number of rotatable bonds is 4. The Morgan fingerprint density at radius 3 is 2.20 bits per heavy atom. The Bertz CT molecular complexity index is 431. The fraction of sp³-hybridized carbons (Fsp3) is 0.625. The molecule has 0 aromatic heterocycles. The van der Waals surface area contributed by atoms with Crippen LogP contribution in [0.1, 0.15) is 19.3 Å². The van der Waals surface area contributed by atoms with E-state index in [1.165, 1.54) is 25.8 Å². The van der Waals surface area contributed by atoms with Crippen molar-refractivity contribution in [3.63, 3.8) is 0 Å². The maximum absolute atomic E-state index is 13.0. The second-order valence-electron chi connectivity index (χ2n) is 6.23. The van der Waals surface area contributed by atoms with Gasteiger partial charge in [-0.1, -0.05) is 22.4 Å². The van der Waals surface area contributed by atoms with Gasteiger partial charge in [0.25, 0.3) is 0 Å². The van der Waals surface area contributed by atoms with Crippen LogP contribution in [0.4, 0.5) is 10.1 Å². The largest absolute Gasteiger partial charge is 0.369 e. The second-order valence-corrected chi connectivity index (χ2v) is 6.79. The summed E-state index contributed by atoms with van der Waals surface area (Å²) < 4.78 is 13.0. The Balaban J connectivity index is 1.53. The van der Waals surface area contributed by atoms with Crippen LogP contribution in [0, 0.1) is 11.2 Å². The van der Waals surface area contributed by atoms with Crippen molar-refractivity contribution in [1.82, 2.24) is 4.90 Å². The normalized spacial score (nSPS) is 22.6. The van der Waals surface area contributed by atoms with Crippen LogP contribution in [0.3, 0.4) is 0 Å². The minimum atomic E-state index is -0.156. The molecule has 1 aliphatic heterocycles. The SMILES string of the molecule is Fc1ccc(N2CCN(CC3(CBr)CCC3)CC2)cc1. The number of nitrogens with zero attached hydrogens (tertiary/aromatic N) is 2. The summed E-state index contributed by atoms with van der Waals surface area (Å²) in [5.41, 5.74) is 1.68. The van der Waals surface area contributed by atoms with Crippen LogP contribution in [-0.2, 0) is 0 Å². The van der Waals surface area contributed by atoms with Gasteiger partial charge in [0, 0.05) is 43.7 Å². The molecule has 4 heteroatoms. The lowest BCUT2D eigenvalue weighted by Crippen LogP contribution is -2.52. The van der Waals surface area contributed by atoms with Crippen LogP contribution in [0.15, 0.2) is 24.3 Å². The van der Waals surface area contributed by atoms with Crippen molar-refractivity contribution in [2.24, 2.45) is 5.41 Å². The number of hydrogen-bond donors (Lipinski definition) is 0. The molecule has 0 bridgehead atoms. The highest BCUT2D eigenvalue weighted by Crippen LogP contribution is 2.43. The van der Waals surface area contributed by atoms with E-state index in [0.717, 1.165) is 37.2 Å². The lowest BCUT2D eigenvalue weighted by Gasteiger charge is -2.46. The number of piperazine rings is 1. The third-order valence-electron chi connectivity index (χ3n) is 4.82. The zero-order valence-corrected chi connectivity index (χ0v) is 13.4. The number of alkyl halides is 1. The summed E-state index contributed by atoms with van der Waals surface area (Å²) in [6, 6.07) is 6.87. The van der Waals surface area contributed by atoms with Gasteiger partial charge >= 0.3 is 0 Å². The average molecular weight is 341 g/mol. The van der Waals surface area contributed by atoms with Crippen LogP contribution < -0.4 is 4.90 Å². The molecule has 0 N–H and O–H groups in total. The summed E-state index contributed by atoms with van der Waals surface area (Å²) in [4.78, 5) is 4.96. The molecular formula is C16H22BrFN2. The standard InChI is InChI=1S/C16H22BrFN2/c17-12-16(6-1-7-16)13-19-8-10-20(11-9-19)15-4-2-14(18)3-5-15/h2-5H,1,6-13H2. The third kappa shape index (κ3) is 3.01. The Morgan fingerprint density at radius 2 is 1.70 bits per heavy atom. The van der Waals surface area contributed by atoms with Gasteiger partial charge < -0.3 is 4.90 Å². The lowest BCUT2D eigenvalue weighted by atomic mass is 9.70. The Labute approximate surface area is 129 Å². The predicted molar refractivity (Wildman–Crippen MR) is 85.1 cm³/mol. The van der Waals surface area contributed by atoms with Crippen molar-refractivity contribution >= 4 is 21.6 Å². The first-order valence-corrected chi connectivity index (χ1v) is 8.62. The van der Waals surface area contributed by atoms with Crippen LogP contribution in [0.5, 0.6) is 0 Å². The van der Waals surface area contributed by atoms with Gasteiger partial charge in [0.1, 0.15) is 5.82 Å². The van der Waals surface area contributed by atoms with E-state index in [4.69, 9.17) is 0 Å². The minimum absolute atomic E-state index is 0.156. The number of anilines is 1. The van der Waals surface area contributed by atoms with E-state index in [1.807, 2.05) is 12.1 Å². The highest BCUT2D eigenvalue weighted by molar-refractivity contribution is 9.09. The van der Waals surface area contributed by atoms with E-state index < -0.39 is 0 Å². The Hall–Kier alpha value is -0.610. The van der Waals surface area contributed by atoms with Gasteiger partial charge in [-0.15, -0.1) is 0 Å². The lowest BCUT2D eigenvalue weighted by molar-refractivity contribution is 0.0877. The van der Waals surface area contributed by atoms with Crippen molar-refractivity contribution in [3.8, 4) is 0 Å². The minimum Gasteiger partial charge on any atom is -0.369 e. The van der Waals surface area contributed by atoms with Crippen LogP contribution in [0.2, 0.25) is 0 Å². The molecule has 0 amide bonds. The molecule has 0 atom stereocenters. The maximum atomic E-state index is 13.0. The second kappa shape index (κ2) is 6.02. The van der Waals surface area contributed by atoms with Crippen LogP contribution in [-0.4, -0.2) is 43.0 Å². The summed E-state index contributed by atoms with van der Waals surface area (Å²) in [6.45, 7) is 5.56. The smallest absolute Gasteiger partial charge is 0.123 e. The highest BCUT2D eigenvalue weighted by atomic mass is 79.9. The maximum Gasteiger partial charge on any atom is 0.123 e. The molecule has 2 fully saturated rings. The molecule has 1 heterocycles. The summed E-state index contributed by atoms with van der Waals surface area (Å²) in [5, 5.41) is 1.14. The molecular weight excluding hydrogens is 319 g/mol. The zero-order chi connectivity index (χ0) is 14.0. The van der Waals surface area contributed by atoms with Crippen LogP contribution in [0.25, 0.3) is 0 Å². The molecule has 20 heavy (non-hydrogen) atoms. The molecule has 1 aromatic carbocycles. The van der Waals surface area contributed by atoms with Gasteiger partial charge in [0.05, 0.1) is 0 Å². The molecule has 2 nitrogen and oxygen atoms in total. The fourth-order valence-electron chi connectivity index (χ4n) is 3.30. The fourth-order valence-corrected chi connectivity index (χ4v) is 4.04.